The Kier molecular flexibility index (Phi) is 8.00. The van der Waals surface area contributed by atoms with E-state index in [1.54, 1.807) is 0 Å². The van der Waals surface area contributed by atoms with Crippen LogP contribution in [-0.4, -0.2) is 19.4 Å². The highest BCUT2D eigenvalue weighted by Crippen LogP contribution is 2.09. The second-order valence-corrected chi connectivity index (χ2v) is 4.06. The van der Waals surface area contributed by atoms with Gasteiger partial charge in [0.1, 0.15) is 5.78 Å². The van der Waals surface area contributed by atoms with E-state index in [2.05, 4.69) is 19.2 Å². The summed E-state index contributed by atoms with van der Waals surface area (Å²) in [5, 5.41) is 2.88. The first-order valence-corrected chi connectivity index (χ1v) is 5.33. The van der Waals surface area contributed by atoms with Crippen LogP contribution in [0, 0.1) is 5.92 Å². The predicted molar refractivity (Wildman–Crippen MR) is 56.9 cm³/mol. The first-order chi connectivity index (χ1) is 6.16. The Morgan fingerprint density at radius 3 is 2.46 bits per heavy atom. The molecule has 1 N–H and O–H groups in total. The highest BCUT2D eigenvalue weighted by molar-refractivity contribution is 5.80. The molecule has 0 fully saturated rings. The molecule has 78 valence electrons. The Labute approximate surface area is 82.1 Å². The summed E-state index contributed by atoms with van der Waals surface area (Å²) in [5.41, 5.74) is 0. The van der Waals surface area contributed by atoms with Gasteiger partial charge in [-0.3, -0.25) is 4.79 Å². The molecular weight excluding hydrogens is 162 g/mol. The minimum Gasteiger partial charge on any atom is -0.313 e. The number of Topliss-reactive ketones (excluding diaryl/α,β-unsaturated/α-hetero) is 1. The zero-order chi connectivity index (χ0) is 10.1. The first kappa shape index (κ1) is 12.6. The Balaban J connectivity index is 3.11. The van der Waals surface area contributed by atoms with E-state index in [1.165, 1.54) is 19.3 Å². The molecule has 0 heterocycles. The van der Waals surface area contributed by atoms with Gasteiger partial charge in [-0.2, -0.15) is 0 Å². The van der Waals surface area contributed by atoms with Crippen LogP contribution in [0.3, 0.4) is 0 Å². The van der Waals surface area contributed by atoms with Crippen molar-refractivity contribution in [2.45, 2.75) is 46.0 Å². The SMILES string of the molecule is CNCC(=O)CCCCCC(C)C. The highest BCUT2D eigenvalue weighted by Gasteiger charge is 1.99. The van der Waals surface area contributed by atoms with Gasteiger partial charge < -0.3 is 5.32 Å². The molecule has 0 rings (SSSR count). The van der Waals surface area contributed by atoms with Gasteiger partial charge in [-0.1, -0.05) is 33.1 Å². The highest BCUT2D eigenvalue weighted by atomic mass is 16.1. The molecule has 0 amide bonds. The summed E-state index contributed by atoms with van der Waals surface area (Å²) >= 11 is 0. The molecule has 0 atom stereocenters. The Hall–Kier alpha value is -0.370. The topological polar surface area (TPSA) is 29.1 Å². The van der Waals surface area contributed by atoms with E-state index >= 15 is 0 Å². The van der Waals surface area contributed by atoms with E-state index < -0.39 is 0 Å². The lowest BCUT2D eigenvalue weighted by Gasteiger charge is -2.03. The number of nitrogens with one attached hydrogen (secondary N) is 1. The third kappa shape index (κ3) is 9.54. The smallest absolute Gasteiger partial charge is 0.146 e. The van der Waals surface area contributed by atoms with Gasteiger partial charge >= 0.3 is 0 Å². The predicted octanol–water partition coefficient (Wildman–Crippen LogP) is 2.38. The maximum Gasteiger partial charge on any atom is 0.146 e. The van der Waals surface area contributed by atoms with Crippen molar-refractivity contribution < 1.29 is 4.79 Å². The molecule has 2 nitrogen and oxygen atoms in total. The minimum atomic E-state index is 0.340. The summed E-state index contributed by atoms with van der Waals surface area (Å²) in [6.07, 6.45) is 5.57. The maximum absolute atomic E-state index is 11.1. The van der Waals surface area contributed by atoms with Crippen molar-refractivity contribution in [1.82, 2.24) is 5.32 Å². The van der Waals surface area contributed by atoms with Crippen LogP contribution in [0.1, 0.15) is 46.0 Å². The second kappa shape index (κ2) is 8.24. The Bertz CT molecular complexity index is 132. The number of unbranched alkanes of at least 4 members (excludes halogenated alkanes) is 2. The average Bonchev–Trinajstić information content (AvgIpc) is 2.03. The zero-order valence-electron chi connectivity index (χ0n) is 9.23. The lowest BCUT2D eigenvalue weighted by atomic mass is 10.0. The largest absolute Gasteiger partial charge is 0.313 e. The number of ketones is 1. The van der Waals surface area contributed by atoms with E-state index in [0.29, 0.717) is 12.3 Å². The maximum atomic E-state index is 11.1. The molecule has 0 aromatic rings. The van der Waals surface area contributed by atoms with Gasteiger partial charge in [0, 0.05) is 6.42 Å². The number of carbonyl (C=O) groups excluding carboxylic acids is 1. The normalized spacial score (nSPS) is 10.8. The van der Waals surface area contributed by atoms with Crippen molar-refractivity contribution in [1.29, 1.82) is 0 Å². The van der Waals surface area contributed by atoms with Gasteiger partial charge in [-0.05, 0) is 19.4 Å². The molecule has 0 unspecified atom stereocenters. The van der Waals surface area contributed by atoms with E-state index in [9.17, 15) is 4.79 Å². The van der Waals surface area contributed by atoms with Gasteiger partial charge in [0.25, 0.3) is 0 Å². The molecule has 0 spiro atoms. The monoisotopic (exact) mass is 185 g/mol. The number of likely N-dealkylation sites (N-methyl/N-ethyl adjacent to an activating group) is 1. The fourth-order valence-corrected chi connectivity index (χ4v) is 1.34. The van der Waals surface area contributed by atoms with Crippen LogP contribution in [0.2, 0.25) is 0 Å². The van der Waals surface area contributed by atoms with E-state index in [0.717, 1.165) is 18.8 Å². The van der Waals surface area contributed by atoms with Gasteiger partial charge in [0.2, 0.25) is 0 Å². The van der Waals surface area contributed by atoms with Crippen LogP contribution < -0.4 is 5.32 Å². The average molecular weight is 185 g/mol. The van der Waals surface area contributed by atoms with Gasteiger partial charge in [-0.25, -0.2) is 0 Å². The van der Waals surface area contributed by atoms with Crippen LogP contribution in [0.25, 0.3) is 0 Å². The summed E-state index contributed by atoms with van der Waals surface area (Å²) in [4.78, 5) is 11.1. The molecule has 0 aromatic carbocycles. The molecule has 0 saturated heterocycles. The fraction of sp³-hybridized carbons (Fsp3) is 0.909. The third-order valence-electron chi connectivity index (χ3n) is 2.11. The molecule has 13 heavy (non-hydrogen) atoms. The molecule has 2 heteroatoms. The number of hydrogen-bond donors (Lipinski definition) is 1. The van der Waals surface area contributed by atoms with Crippen molar-refractivity contribution in [2.75, 3.05) is 13.6 Å². The summed E-state index contributed by atoms with van der Waals surface area (Å²) in [6, 6.07) is 0. The molecule has 0 radical (unpaired) electrons. The van der Waals surface area contributed by atoms with E-state index in [1.807, 2.05) is 7.05 Å². The van der Waals surface area contributed by atoms with Crippen molar-refractivity contribution >= 4 is 5.78 Å². The Morgan fingerprint density at radius 2 is 1.92 bits per heavy atom. The minimum absolute atomic E-state index is 0.340. The number of carbonyl (C=O) groups is 1. The van der Waals surface area contributed by atoms with Crippen molar-refractivity contribution in [3.8, 4) is 0 Å². The standard InChI is InChI=1S/C11H23NO/c1-10(2)7-5-4-6-8-11(13)9-12-3/h10,12H,4-9H2,1-3H3. The van der Waals surface area contributed by atoms with Crippen LogP contribution >= 0.6 is 0 Å². The quantitative estimate of drug-likeness (QED) is 0.588. The van der Waals surface area contributed by atoms with Gasteiger partial charge in [0.15, 0.2) is 0 Å². The zero-order valence-corrected chi connectivity index (χ0v) is 9.23. The second-order valence-electron chi connectivity index (χ2n) is 4.06. The Morgan fingerprint density at radius 1 is 1.23 bits per heavy atom. The molecule has 0 aliphatic rings. The van der Waals surface area contributed by atoms with Crippen LogP contribution in [0.15, 0.2) is 0 Å². The molecular formula is C11H23NO. The third-order valence-corrected chi connectivity index (χ3v) is 2.11. The van der Waals surface area contributed by atoms with Crippen LogP contribution in [-0.2, 0) is 4.79 Å². The lowest BCUT2D eigenvalue weighted by Crippen LogP contribution is -2.17. The van der Waals surface area contributed by atoms with E-state index in [-0.39, 0.29) is 0 Å². The van der Waals surface area contributed by atoms with Crippen molar-refractivity contribution in [3.63, 3.8) is 0 Å². The fourth-order valence-electron chi connectivity index (χ4n) is 1.34. The van der Waals surface area contributed by atoms with Gasteiger partial charge in [0.05, 0.1) is 6.54 Å². The number of rotatable bonds is 8. The van der Waals surface area contributed by atoms with Crippen LogP contribution in [0.4, 0.5) is 0 Å². The summed E-state index contributed by atoms with van der Waals surface area (Å²) < 4.78 is 0. The summed E-state index contributed by atoms with van der Waals surface area (Å²) in [7, 11) is 1.82. The van der Waals surface area contributed by atoms with Crippen molar-refractivity contribution in [2.24, 2.45) is 5.92 Å². The van der Waals surface area contributed by atoms with Crippen molar-refractivity contribution in [3.05, 3.63) is 0 Å². The molecule has 0 bridgehead atoms. The van der Waals surface area contributed by atoms with Gasteiger partial charge in [-0.15, -0.1) is 0 Å². The lowest BCUT2D eigenvalue weighted by molar-refractivity contribution is -0.118. The molecule has 0 saturated carbocycles. The molecule has 0 aliphatic carbocycles. The molecule has 0 aliphatic heterocycles. The van der Waals surface area contributed by atoms with E-state index in [4.69, 9.17) is 0 Å². The number of hydrogen-bond acceptors (Lipinski definition) is 2. The summed E-state index contributed by atoms with van der Waals surface area (Å²) in [5.74, 6) is 1.14. The molecule has 0 aromatic heterocycles. The van der Waals surface area contributed by atoms with Crippen LogP contribution in [0.5, 0.6) is 0 Å². The first-order valence-electron chi connectivity index (χ1n) is 5.33. The summed E-state index contributed by atoms with van der Waals surface area (Å²) in [6.45, 7) is 5.02.